The lowest BCUT2D eigenvalue weighted by molar-refractivity contribution is -0.385. The van der Waals surface area contributed by atoms with Crippen LogP contribution < -0.4 is 0 Å². The normalized spacial score (nSPS) is 16.4. The summed E-state index contributed by atoms with van der Waals surface area (Å²) in [6.45, 7) is 0.777. The molecule has 0 saturated heterocycles. The summed E-state index contributed by atoms with van der Waals surface area (Å²) in [5, 5.41) is 10.9. The Morgan fingerprint density at radius 2 is 2.11 bits per heavy atom. The van der Waals surface area contributed by atoms with Gasteiger partial charge in [-0.3, -0.25) is 15.0 Å². The predicted molar refractivity (Wildman–Crippen MR) is 74.5 cm³/mol. The van der Waals surface area contributed by atoms with E-state index in [-0.39, 0.29) is 10.6 Å². The molecule has 1 fully saturated rings. The fourth-order valence-corrected chi connectivity index (χ4v) is 2.95. The van der Waals surface area contributed by atoms with E-state index < -0.39 is 0 Å². The second-order valence-corrected chi connectivity index (χ2v) is 5.75. The lowest BCUT2D eigenvalue weighted by Crippen LogP contribution is -2.28. The minimum Gasteiger partial charge on any atom is -0.299 e. The molecule has 0 radical (unpaired) electrons. The lowest BCUT2D eigenvalue weighted by Gasteiger charge is -2.23. The Morgan fingerprint density at radius 1 is 1.44 bits per heavy atom. The topological polar surface area (TPSA) is 46.4 Å². The number of rotatable bonds is 4. The SMILES string of the molecule is CN(Cc1ccc(Br)c([N+](=O)[O-])c1)C1CCCC1. The van der Waals surface area contributed by atoms with Crippen LogP contribution >= 0.6 is 15.9 Å². The Morgan fingerprint density at radius 3 is 2.72 bits per heavy atom. The number of hydrogen-bond acceptors (Lipinski definition) is 3. The third-order valence-electron chi connectivity index (χ3n) is 3.59. The lowest BCUT2D eigenvalue weighted by atomic mass is 10.1. The van der Waals surface area contributed by atoms with Crippen LogP contribution in [0, 0.1) is 10.1 Å². The predicted octanol–water partition coefficient (Wildman–Crippen LogP) is 3.73. The van der Waals surface area contributed by atoms with Crippen molar-refractivity contribution in [3.8, 4) is 0 Å². The van der Waals surface area contributed by atoms with E-state index >= 15 is 0 Å². The van der Waals surface area contributed by atoms with Crippen molar-refractivity contribution in [2.75, 3.05) is 7.05 Å². The Bertz CT molecular complexity index is 445. The molecule has 1 aromatic carbocycles. The molecule has 0 N–H and O–H groups in total. The summed E-state index contributed by atoms with van der Waals surface area (Å²) >= 11 is 3.21. The molecule has 0 spiro atoms. The van der Waals surface area contributed by atoms with E-state index in [1.54, 1.807) is 12.1 Å². The van der Waals surface area contributed by atoms with Crippen molar-refractivity contribution in [1.82, 2.24) is 4.90 Å². The van der Waals surface area contributed by atoms with E-state index in [4.69, 9.17) is 0 Å². The summed E-state index contributed by atoms with van der Waals surface area (Å²) in [6.07, 6.45) is 5.09. The molecule has 0 bridgehead atoms. The second-order valence-electron chi connectivity index (χ2n) is 4.90. The molecule has 0 aromatic heterocycles. The maximum Gasteiger partial charge on any atom is 0.283 e. The van der Waals surface area contributed by atoms with E-state index in [0.717, 1.165) is 12.1 Å². The van der Waals surface area contributed by atoms with Crippen molar-refractivity contribution in [2.24, 2.45) is 0 Å². The Labute approximate surface area is 115 Å². The van der Waals surface area contributed by atoms with Crippen molar-refractivity contribution in [1.29, 1.82) is 0 Å². The highest BCUT2D eigenvalue weighted by Gasteiger charge is 2.20. The molecule has 1 aliphatic carbocycles. The van der Waals surface area contributed by atoms with Gasteiger partial charge in [0.1, 0.15) is 0 Å². The van der Waals surface area contributed by atoms with E-state index in [2.05, 4.69) is 27.9 Å². The van der Waals surface area contributed by atoms with Gasteiger partial charge in [0.05, 0.1) is 9.40 Å². The molecule has 98 valence electrons. The third-order valence-corrected chi connectivity index (χ3v) is 4.26. The maximum atomic E-state index is 10.9. The van der Waals surface area contributed by atoms with Gasteiger partial charge in [0, 0.05) is 18.7 Å². The van der Waals surface area contributed by atoms with Crippen LogP contribution in [0.15, 0.2) is 22.7 Å². The van der Waals surface area contributed by atoms with Gasteiger partial charge in [-0.2, -0.15) is 0 Å². The van der Waals surface area contributed by atoms with Gasteiger partial charge in [-0.05, 0) is 47.4 Å². The minimum atomic E-state index is -0.344. The van der Waals surface area contributed by atoms with E-state index in [9.17, 15) is 10.1 Å². The monoisotopic (exact) mass is 312 g/mol. The van der Waals surface area contributed by atoms with Gasteiger partial charge < -0.3 is 0 Å². The summed E-state index contributed by atoms with van der Waals surface area (Å²) in [6, 6.07) is 6.00. The minimum absolute atomic E-state index is 0.146. The molecule has 2 rings (SSSR count). The average Bonchev–Trinajstić information content (AvgIpc) is 2.85. The van der Waals surface area contributed by atoms with Crippen LogP contribution in [-0.2, 0) is 6.54 Å². The van der Waals surface area contributed by atoms with E-state index in [1.807, 2.05) is 6.07 Å². The van der Waals surface area contributed by atoms with Crippen molar-refractivity contribution in [3.63, 3.8) is 0 Å². The molecule has 4 nitrogen and oxygen atoms in total. The fraction of sp³-hybridized carbons (Fsp3) is 0.538. The fourth-order valence-electron chi connectivity index (χ4n) is 2.56. The Kier molecular flexibility index (Phi) is 4.35. The van der Waals surface area contributed by atoms with Crippen LogP contribution in [0.25, 0.3) is 0 Å². The van der Waals surface area contributed by atoms with Crippen LogP contribution in [0.4, 0.5) is 5.69 Å². The van der Waals surface area contributed by atoms with Crippen LogP contribution in [-0.4, -0.2) is 22.9 Å². The summed E-state index contributed by atoms with van der Waals surface area (Å²) in [5.41, 5.74) is 1.15. The molecule has 1 aromatic rings. The molecule has 0 atom stereocenters. The highest BCUT2D eigenvalue weighted by atomic mass is 79.9. The smallest absolute Gasteiger partial charge is 0.283 e. The number of hydrogen-bond donors (Lipinski definition) is 0. The molecule has 18 heavy (non-hydrogen) atoms. The van der Waals surface area contributed by atoms with Crippen molar-refractivity contribution >= 4 is 21.6 Å². The molecule has 5 heteroatoms. The van der Waals surface area contributed by atoms with Crippen LogP contribution in [0.1, 0.15) is 31.2 Å². The van der Waals surface area contributed by atoms with Gasteiger partial charge in [-0.15, -0.1) is 0 Å². The van der Waals surface area contributed by atoms with Gasteiger partial charge in [0.2, 0.25) is 0 Å². The van der Waals surface area contributed by atoms with Gasteiger partial charge in [-0.1, -0.05) is 18.9 Å². The highest BCUT2D eigenvalue weighted by molar-refractivity contribution is 9.10. The zero-order valence-corrected chi connectivity index (χ0v) is 12.0. The van der Waals surface area contributed by atoms with Gasteiger partial charge in [0.15, 0.2) is 0 Å². The van der Waals surface area contributed by atoms with Crippen LogP contribution in [0.2, 0.25) is 0 Å². The molecule has 0 amide bonds. The summed E-state index contributed by atoms with van der Waals surface area (Å²) in [5.74, 6) is 0. The third kappa shape index (κ3) is 3.09. The van der Waals surface area contributed by atoms with Crippen LogP contribution in [0.5, 0.6) is 0 Å². The number of nitro benzene ring substituents is 1. The Hall–Kier alpha value is -0.940. The summed E-state index contributed by atoms with van der Waals surface area (Å²) < 4.78 is 0.541. The zero-order chi connectivity index (χ0) is 13.1. The number of nitrogens with zero attached hydrogens (tertiary/aromatic N) is 2. The maximum absolute atomic E-state index is 10.9. The molecular formula is C13H17BrN2O2. The van der Waals surface area contributed by atoms with E-state index in [1.165, 1.54) is 25.7 Å². The first kappa shape index (κ1) is 13.5. The molecule has 0 unspecified atom stereocenters. The van der Waals surface area contributed by atoms with Crippen molar-refractivity contribution in [2.45, 2.75) is 38.3 Å². The molecule has 0 aliphatic heterocycles. The number of benzene rings is 1. The largest absolute Gasteiger partial charge is 0.299 e. The highest BCUT2D eigenvalue weighted by Crippen LogP contribution is 2.28. The first-order chi connectivity index (χ1) is 8.58. The summed E-state index contributed by atoms with van der Waals surface area (Å²) in [7, 11) is 2.10. The molecule has 0 heterocycles. The Balaban J connectivity index is 2.09. The summed E-state index contributed by atoms with van der Waals surface area (Å²) in [4.78, 5) is 12.8. The molecule has 1 aliphatic rings. The van der Waals surface area contributed by atoms with Gasteiger partial charge in [0.25, 0.3) is 5.69 Å². The number of nitro groups is 1. The standard InChI is InChI=1S/C13H17BrN2O2/c1-15(11-4-2-3-5-11)9-10-6-7-12(14)13(8-10)16(17)18/h6-8,11H,2-5,9H2,1H3. The van der Waals surface area contributed by atoms with Crippen LogP contribution in [0.3, 0.4) is 0 Å². The average molecular weight is 313 g/mol. The first-order valence-electron chi connectivity index (χ1n) is 6.21. The zero-order valence-electron chi connectivity index (χ0n) is 10.4. The van der Waals surface area contributed by atoms with Crippen molar-refractivity contribution < 1.29 is 4.92 Å². The van der Waals surface area contributed by atoms with Gasteiger partial charge >= 0.3 is 0 Å². The quantitative estimate of drug-likeness (QED) is 0.628. The number of halogens is 1. The molecule has 1 saturated carbocycles. The van der Waals surface area contributed by atoms with Crippen molar-refractivity contribution in [3.05, 3.63) is 38.3 Å². The molecular weight excluding hydrogens is 296 g/mol. The first-order valence-corrected chi connectivity index (χ1v) is 7.00. The van der Waals surface area contributed by atoms with Gasteiger partial charge in [-0.25, -0.2) is 0 Å². The van der Waals surface area contributed by atoms with E-state index in [0.29, 0.717) is 10.5 Å². The second kappa shape index (κ2) is 5.80.